The molecule has 5 heteroatoms. The minimum atomic E-state index is -0.0187. The summed E-state index contributed by atoms with van der Waals surface area (Å²) in [5.74, 6) is 0. The number of aryl methyl sites for hydroxylation is 1. The average molecular weight is 299 g/mol. The monoisotopic (exact) mass is 299 g/mol. The Kier molecular flexibility index (Phi) is 4.53. The van der Waals surface area contributed by atoms with Gasteiger partial charge in [-0.15, -0.1) is 0 Å². The normalized spacial score (nSPS) is 11.5. The summed E-state index contributed by atoms with van der Waals surface area (Å²) in [6.07, 6.45) is 4.68. The highest BCUT2D eigenvalue weighted by molar-refractivity contribution is 6.04. The lowest BCUT2D eigenvalue weighted by atomic mass is 10.2. The van der Waals surface area contributed by atoms with Gasteiger partial charge in [0.2, 0.25) is 0 Å². The SMILES string of the molecule is CCCCOCCCn1cnc2c([nH]c3ccccc32)c1=O. The van der Waals surface area contributed by atoms with E-state index in [1.807, 2.05) is 24.3 Å². The minimum absolute atomic E-state index is 0.0187. The van der Waals surface area contributed by atoms with E-state index in [4.69, 9.17) is 4.74 Å². The van der Waals surface area contributed by atoms with Gasteiger partial charge < -0.3 is 9.72 Å². The van der Waals surface area contributed by atoms with Crippen LogP contribution in [-0.4, -0.2) is 27.7 Å². The fourth-order valence-electron chi connectivity index (χ4n) is 2.58. The smallest absolute Gasteiger partial charge is 0.277 e. The van der Waals surface area contributed by atoms with Crippen LogP contribution in [0.3, 0.4) is 0 Å². The van der Waals surface area contributed by atoms with E-state index in [0.29, 0.717) is 18.7 Å². The summed E-state index contributed by atoms with van der Waals surface area (Å²) in [5, 5.41) is 0.990. The van der Waals surface area contributed by atoms with E-state index < -0.39 is 0 Å². The Bertz CT molecular complexity index is 819. The summed E-state index contributed by atoms with van der Waals surface area (Å²) >= 11 is 0. The van der Waals surface area contributed by atoms with Gasteiger partial charge in [-0.25, -0.2) is 4.98 Å². The number of rotatable bonds is 7. The van der Waals surface area contributed by atoms with Crippen molar-refractivity contribution < 1.29 is 4.74 Å². The van der Waals surface area contributed by atoms with Crippen molar-refractivity contribution in [2.24, 2.45) is 0 Å². The highest BCUT2D eigenvalue weighted by atomic mass is 16.5. The quantitative estimate of drug-likeness (QED) is 0.682. The van der Waals surface area contributed by atoms with Crippen molar-refractivity contribution in [1.82, 2.24) is 14.5 Å². The Morgan fingerprint density at radius 1 is 1.23 bits per heavy atom. The zero-order valence-electron chi connectivity index (χ0n) is 12.8. The molecule has 0 aliphatic heterocycles. The van der Waals surface area contributed by atoms with Gasteiger partial charge in [-0.2, -0.15) is 0 Å². The third kappa shape index (κ3) is 2.90. The van der Waals surface area contributed by atoms with Crippen molar-refractivity contribution in [2.75, 3.05) is 13.2 Å². The van der Waals surface area contributed by atoms with E-state index in [1.54, 1.807) is 10.9 Å². The zero-order chi connectivity index (χ0) is 15.4. The van der Waals surface area contributed by atoms with Crippen LogP contribution >= 0.6 is 0 Å². The Balaban J connectivity index is 1.76. The Morgan fingerprint density at radius 3 is 2.91 bits per heavy atom. The van der Waals surface area contributed by atoms with Gasteiger partial charge in [0.1, 0.15) is 11.0 Å². The molecule has 2 heterocycles. The van der Waals surface area contributed by atoms with Gasteiger partial charge in [0.15, 0.2) is 0 Å². The third-order valence-electron chi connectivity index (χ3n) is 3.81. The number of H-pyrrole nitrogens is 1. The molecule has 1 N–H and O–H groups in total. The molecule has 116 valence electrons. The molecular formula is C17H21N3O2. The predicted molar refractivity (Wildman–Crippen MR) is 88.2 cm³/mol. The molecule has 0 radical (unpaired) electrons. The van der Waals surface area contributed by atoms with E-state index in [1.165, 1.54) is 0 Å². The van der Waals surface area contributed by atoms with Crippen molar-refractivity contribution in [3.05, 3.63) is 40.9 Å². The first-order valence-corrected chi connectivity index (χ1v) is 7.85. The van der Waals surface area contributed by atoms with Crippen LogP contribution in [0.25, 0.3) is 21.9 Å². The lowest BCUT2D eigenvalue weighted by molar-refractivity contribution is 0.125. The molecule has 0 unspecified atom stereocenters. The fourth-order valence-corrected chi connectivity index (χ4v) is 2.58. The van der Waals surface area contributed by atoms with Crippen LogP contribution in [0.2, 0.25) is 0 Å². The van der Waals surface area contributed by atoms with Crippen LogP contribution in [0.5, 0.6) is 0 Å². The summed E-state index contributed by atoms with van der Waals surface area (Å²) in [6, 6.07) is 7.84. The van der Waals surface area contributed by atoms with Gasteiger partial charge in [0.05, 0.1) is 6.33 Å². The van der Waals surface area contributed by atoms with Crippen LogP contribution in [0.15, 0.2) is 35.4 Å². The second-order valence-corrected chi connectivity index (χ2v) is 5.46. The molecule has 1 aromatic carbocycles. The summed E-state index contributed by atoms with van der Waals surface area (Å²) in [6.45, 7) is 4.25. The van der Waals surface area contributed by atoms with E-state index in [2.05, 4.69) is 16.9 Å². The molecule has 5 nitrogen and oxygen atoms in total. The number of aromatic nitrogens is 3. The number of para-hydroxylation sites is 1. The molecule has 0 saturated heterocycles. The summed E-state index contributed by atoms with van der Waals surface area (Å²) < 4.78 is 7.18. The maximum atomic E-state index is 12.5. The van der Waals surface area contributed by atoms with Crippen molar-refractivity contribution in [3.63, 3.8) is 0 Å². The number of hydrogen-bond donors (Lipinski definition) is 1. The van der Waals surface area contributed by atoms with E-state index in [-0.39, 0.29) is 5.56 Å². The molecule has 0 aliphatic carbocycles. The molecule has 0 atom stereocenters. The van der Waals surface area contributed by atoms with Crippen molar-refractivity contribution in [3.8, 4) is 0 Å². The number of unbranched alkanes of at least 4 members (excludes halogenated alkanes) is 1. The lowest BCUT2D eigenvalue weighted by Gasteiger charge is -2.06. The second-order valence-electron chi connectivity index (χ2n) is 5.46. The van der Waals surface area contributed by atoms with Gasteiger partial charge in [-0.3, -0.25) is 9.36 Å². The molecule has 22 heavy (non-hydrogen) atoms. The standard InChI is InChI=1S/C17H21N3O2/c1-2-3-10-22-11-6-9-20-12-18-15-13-7-4-5-8-14(13)19-16(15)17(20)21/h4-5,7-8,12,19H,2-3,6,9-11H2,1H3. The largest absolute Gasteiger partial charge is 0.381 e. The number of benzene rings is 1. The molecule has 0 aliphatic rings. The second kappa shape index (κ2) is 6.75. The first-order valence-electron chi connectivity index (χ1n) is 7.85. The number of nitrogens with zero attached hydrogens (tertiary/aromatic N) is 2. The minimum Gasteiger partial charge on any atom is -0.381 e. The number of fused-ring (bicyclic) bond motifs is 3. The highest BCUT2D eigenvalue weighted by Crippen LogP contribution is 2.20. The summed E-state index contributed by atoms with van der Waals surface area (Å²) in [5.41, 5.74) is 2.25. The maximum absolute atomic E-state index is 12.5. The van der Waals surface area contributed by atoms with Gasteiger partial charge in [0.25, 0.3) is 5.56 Å². The molecule has 0 spiro atoms. The van der Waals surface area contributed by atoms with Gasteiger partial charge in [-0.05, 0) is 18.9 Å². The number of ether oxygens (including phenoxy) is 1. The lowest BCUT2D eigenvalue weighted by Crippen LogP contribution is -2.21. The molecule has 2 aromatic heterocycles. The molecule has 0 bridgehead atoms. The molecule has 3 rings (SSSR count). The van der Waals surface area contributed by atoms with Crippen molar-refractivity contribution in [2.45, 2.75) is 32.7 Å². The average Bonchev–Trinajstić information content (AvgIpc) is 2.92. The fraction of sp³-hybridized carbons (Fsp3) is 0.412. The van der Waals surface area contributed by atoms with E-state index in [9.17, 15) is 4.79 Å². The van der Waals surface area contributed by atoms with Crippen LogP contribution in [0.1, 0.15) is 26.2 Å². The number of hydrogen-bond acceptors (Lipinski definition) is 3. The van der Waals surface area contributed by atoms with Crippen LogP contribution in [-0.2, 0) is 11.3 Å². The molecule has 3 aromatic rings. The molecule has 0 fully saturated rings. The Morgan fingerprint density at radius 2 is 2.05 bits per heavy atom. The first kappa shape index (κ1) is 14.8. The van der Waals surface area contributed by atoms with Crippen molar-refractivity contribution in [1.29, 1.82) is 0 Å². The number of aromatic amines is 1. The maximum Gasteiger partial charge on any atom is 0.277 e. The van der Waals surface area contributed by atoms with E-state index in [0.717, 1.165) is 42.3 Å². The molecular weight excluding hydrogens is 278 g/mol. The van der Waals surface area contributed by atoms with Gasteiger partial charge in [-0.1, -0.05) is 31.5 Å². The zero-order valence-corrected chi connectivity index (χ0v) is 12.8. The predicted octanol–water partition coefficient (Wildman–Crippen LogP) is 3.08. The topological polar surface area (TPSA) is 59.9 Å². The first-order chi connectivity index (χ1) is 10.8. The highest BCUT2D eigenvalue weighted by Gasteiger charge is 2.09. The summed E-state index contributed by atoms with van der Waals surface area (Å²) in [4.78, 5) is 20.1. The van der Waals surface area contributed by atoms with Crippen molar-refractivity contribution >= 4 is 21.9 Å². The van der Waals surface area contributed by atoms with Crippen LogP contribution in [0, 0.1) is 0 Å². The Hall–Kier alpha value is -2.14. The Labute approximate surface area is 128 Å². The van der Waals surface area contributed by atoms with Gasteiger partial charge >= 0.3 is 0 Å². The van der Waals surface area contributed by atoms with E-state index >= 15 is 0 Å². The number of nitrogens with one attached hydrogen (secondary N) is 1. The molecule has 0 amide bonds. The van der Waals surface area contributed by atoms with Crippen LogP contribution < -0.4 is 5.56 Å². The third-order valence-corrected chi connectivity index (χ3v) is 3.81. The van der Waals surface area contributed by atoms with Crippen LogP contribution in [0.4, 0.5) is 0 Å². The van der Waals surface area contributed by atoms with Gasteiger partial charge in [0, 0.05) is 30.7 Å². The summed E-state index contributed by atoms with van der Waals surface area (Å²) in [7, 11) is 0. The molecule has 0 saturated carbocycles.